The largest absolute Gasteiger partial charge is 0.465 e. The van der Waals surface area contributed by atoms with Crippen molar-refractivity contribution in [2.45, 2.75) is 19.3 Å². The maximum Gasteiger partial charge on any atom is 0.337 e. The summed E-state index contributed by atoms with van der Waals surface area (Å²) in [6.45, 7) is 0.515. The number of ether oxygens (including phenoxy) is 1. The fourth-order valence-corrected chi connectivity index (χ4v) is 3.09. The molecule has 2 heterocycles. The van der Waals surface area contributed by atoms with Crippen LogP contribution in [-0.4, -0.2) is 35.7 Å². The molecular formula is C19H19N3O4S. The minimum atomic E-state index is -0.363. The van der Waals surface area contributed by atoms with E-state index in [1.54, 1.807) is 12.1 Å². The lowest BCUT2D eigenvalue weighted by Gasteiger charge is -2.05. The van der Waals surface area contributed by atoms with Crippen LogP contribution in [0.3, 0.4) is 0 Å². The van der Waals surface area contributed by atoms with Gasteiger partial charge in [-0.1, -0.05) is 23.4 Å². The molecule has 1 aromatic carbocycles. The Morgan fingerprint density at radius 2 is 2.00 bits per heavy atom. The fraction of sp³-hybridized carbons (Fsp3) is 0.263. The Morgan fingerprint density at radius 3 is 2.70 bits per heavy atom. The number of carbonyl (C=O) groups is 2. The molecule has 3 aromatic rings. The number of hydrogen-bond donors (Lipinski definition) is 1. The van der Waals surface area contributed by atoms with Crippen molar-refractivity contribution < 1.29 is 18.8 Å². The Bertz CT molecular complexity index is 888. The summed E-state index contributed by atoms with van der Waals surface area (Å²) in [5.41, 5.74) is 1.53. The van der Waals surface area contributed by atoms with E-state index in [4.69, 9.17) is 4.52 Å². The molecule has 1 N–H and O–H groups in total. The van der Waals surface area contributed by atoms with E-state index >= 15 is 0 Å². The lowest BCUT2D eigenvalue weighted by molar-refractivity contribution is -0.121. The van der Waals surface area contributed by atoms with E-state index in [1.165, 1.54) is 18.4 Å². The van der Waals surface area contributed by atoms with E-state index < -0.39 is 0 Å². The summed E-state index contributed by atoms with van der Waals surface area (Å²) in [7, 11) is 1.35. The normalized spacial score (nSPS) is 10.6. The average molecular weight is 385 g/mol. The molecule has 0 spiro atoms. The highest BCUT2D eigenvalue weighted by molar-refractivity contribution is 7.13. The van der Waals surface area contributed by atoms with E-state index in [0.717, 1.165) is 10.4 Å². The van der Waals surface area contributed by atoms with Gasteiger partial charge in [-0.25, -0.2) is 4.79 Å². The maximum absolute atomic E-state index is 12.0. The van der Waals surface area contributed by atoms with Crippen LogP contribution in [0, 0.1) is 0 Å². The van der Waals surface area contributed by atoms with Gasteiger partial charge < -0.3 is 14.6 Å². The van der Waals surface area contributed by atoms with Crippen LogP contribution in [0.4, 0.5) is 0 Å². The Morgan fingerprint density at radius 1 is 1.19 bits per heavy atom. The molecule has 27 heavy (non-hydrogen) atoms. The smallest absolute Gasteiger partial charge is 0.337 e. The van der Waals surface area contributed by atoms with Crippen molar-refractivity contribution in [3.63, 3.8) is 0 Å². The number of rotatable bonds is 8. The zero-order chi connectivity index (χ0) is 19.1. The minimum absolute atomic E-state index is 0.0722. The summed E-state index contributed by atoms with van der Waals surface area (Å²) in [5.74, 6) is 0.568. The number of benzene rings is 1. The summed E-state index contributed by atoms with van der Waals surface area (Å²) in [4.78, 5) is 28.6. The van der Waals surface area contributed by atoms with Crippen LogP contribution >= 0.6 is 11.3 Å². The van der Waals surface area contributed by atoms with Crippen molar-refractivity contribution in [3.05, 3.63) is 58.8 Å². The predicted molar refractivity (Wildman–Crippen MR) is 100 cm³/mol. The molecule has 8 heteroatoms. The van der Waals surface area contributed by atoms with Gasteiger partial charge in [0.25, 0.3) is 0 Å². The SMILES string of the molecule is COC(=O)c1ccc(CCNC(=O)CCc2nc(-c3cccs3)no2)cc1. The zero-order valence-electron chi connectivity index (χ0n) is 14.8. The molecule has 0 saturated carbocycles. The third-order valence-corrected chi connectivity index (χ3v) is 4.75. The van der Waals surface area contributed by atoms with Crippen molar-refractivity contribution in [2.24, 2.45) is 0 Å². The Balaban J connectivity index is 1.39. The molecule has 0 radical (unpaired) electrons. The topological polar surface area (TPSA) is 94.3 Å². The van der Waals surface area contributed by atoms with Crippen molar-refractivity contribution in [3.8, 4) is 10.7 Å². The third-order valence-electron chi connectivity index (χ3n) is 3.89. The molecule has 0 aliphatic rings. The number of thiophene rings is 1. The molecular weight excluding hydrogens is 366 g/mol. The lowest BCUT2D eigenvalue weighted by Crippen LogP contribution is -2.25. The van der Waals surface area contributed by atoms with E-state index in [-0.39, 0.29) is 18.3 Å². The summed E-state index contributed by atoms with van der Waals surface area (Å²) < 4.78 is 9.84. The molecule has 0 atom stereocenters. The second-order valence-corrected chi connectivity index (χ2v) is 6.73. The molecule has 0 fully saturated rings. The van der Waals surface area contributed by atoms with E-state index in [2.05, 4.69) is 20.2 Å². The summed E-state index contributed by atoms with van der Waals surface area (Å²) in [6, 6.07) is 11.0. The second kappa shape index (κ2) is 9.09. The van der Waals surface area contributed by atoms with Gasteiger partial charge in [0, 0.05) is 19.4 Å². The summed E-state index contributed by atoms with van der Waals surface area (Å²) >= 11 is 1.54. The first-order valence-electron chi connectivity index (χ1n) is 8.46. The summed E-state index contributed by atoms with van der Waals surface area (Å²) in [5, 5.41) is 8.74. The fourth-order valence-electron chi connectivity index (χ4n) is 2.44. The molecule has 2 aromatic heterocycles. The van der Waals surface area contributed by atoms with E-state index in [9.17, 15) is 9.59 Å². The van der Waals surface area contributed by atoms with Gasteiger partial charge in [0.05, 0.1) is 17.6 Å². The van der Waals surface area contributed by atoms with Crippen LogP contribution in [0.15, 0.2) is 46.3 Å². The van der Waals surface area contributed by atoms with Crippen LogP contribution in [0.5, 0.6) is 0 Å². The number of carbonyl (C=O) groups excluding carboxylic acids is 2. The average Bonchev–Trinajstić information content (AvgIpc) is 3.38. The second-order valence-electron chi connectivity index (χ2n) is 5.78. The summed E-state index contributed by atoms with van der Waals surface area (Å²) in [6.07, 6.45) is 1.36. The highest BCUT2D eigenvalue weighted by atomic mass is 32.1. The molecule has 140 valence electrons. The Kier molecular flexibility index (Phi) is 6.32. The first-order valence-corrected chi connectivity index (χ1v) is 9.34. The van der Waals surface area contributed by atoms with Gasteiger partial charge in [0.15, 0.2) is 0 Å². The van der Waals surface area contributed by atoms with Gasteiger partial charge in [-0.2, -0.15) is 4.98 Å². The molecule has 0 unspecified atom stereocenters. The van der Waals surface area contributed by atoms with Gasteiger partial charge >= 0.3 is 5.97 Å². The zero-order valence-corrected chi connectivity index (χ0v) is 15.6. The Labute approximate surface area is 160 Å². The van der Waals surface area contributed by atoms with Crippen LogP contribution < -0.4 is 5.32 Å². The van der Waals surface area contributed by atoms with Crippen molar-refractivity contribution in [1.82, 2.24) is 15.5 Å². The van der Waals surface area contributed by atoms with Crippen molar-refractivity contribution >= 4 is 23.2 Å². The molecule has 0 aliphatic heterocycles. The van der Waals surface area contributed by atoms with Gasteiger partial charge in [-0.3, -0.25) is 4.79 Å². The highest BCUT2D eigenvalue weighted by Crippen LogP contribution is 2.21. The predicted octanol–water partition coefficient (Wildman–Crippen LogP) is 2.88. The van der Waals surface area contributed by atoms with Crippen molar-refractivity contribution in [2.75, 3.05) is 13.7 Å². The van der Waals surface area contributed by atoms with Gasteiger partial charge in [0.2, 0.25) is 17.6 Å². The third kappa shape index (κ3) is 5.24. The number of amides is 1. The molecule has 1 amide bonds. The number of nitrogens with zero attached hydrogens (tertiary/aromatic N) is 2. The number of aromatic nitrogens is 2. The molecule has 7 nitrogen and oxygen atoms in total. The molecule has 3 rings (SSSR count). The number of esters is 1. The van der Waals surface area contributed by atoms with Gasteiger partial charge in [-0.15, -0.1) is 11.3 Å². The van der Waals surface area contributed by atoms with Crippen molar-refractivity contribution in [1.29, 1.82) is 0 Å². The van der Waals surface area contributed by atoms with Gasteiger partial charge in [0.1, 0.15) is 0 Å². The standard InChI is InChI=1S/C19H19N3O4S/c1-25-19(24)14-6-4-13(5-7-14)10-11-20-16(23)8-9-17-21-18(22-26-17)15-3-2-12-27-15/h2-7,12H,8-11H2,1H3,(H,20,23). The van der Waals surface area contributed by atoms with E-state index in [1.807, 2.05) is 29.6 Å². The van der Waals surface area contributed by atoms with Crippen LogP contribution in [-0.2, 0) is 22.4 Å². The number of methoxy groups -OCH3 is 1. The minimum Gasteiger partial charge on any atom is -0.465 e. The first-order chi connectivity index (χ1) is 13.2. The Hall–Kier alpha value is -3.00. The van der Waals surface area contributed by atoms with Gasteiger partial charge in [-0.05, 0) is 35.6 Å². The number of aryl methyl sites for hydroxylation is 1. The number of nitrogens with one attached hydrogen (secondary N) is 1. The maximum atomic E-state index is 12.0. The van der Waals surface area contributed by atoms with E-state index in [0.29, 0.717) is 36.7 Å². The molecule has 0 aliphatic carbocycles. The highest BCUT2D eigenvalue weighted by Gasteiger charge is 2.11. The molecule has 0 bridgehead atoms. The van der Waals surface area contributed by atoms with Crippen LogP contribution in [0.25, 0.3) is 10.7 Å². The van der Waals surface area contributed by atoms with Crippen LogP contribution in [0.1, 0.15) is 28.2 Å². The van der Waals surface area contributed by atoms with Crippen LogP contribution in [0.2, 0.25) is 0 Å². The quantitative estimate of drug-likeness (QED) is 0.599. The monoisotopic (exact) mass is 385 g/mol. The first kappa shape index (κ1) is 18.8. The lowest BCUT2D eigenvalue weighted by atomic mass is 10.1. The molecule has 0 saturated heterocycles. The number of hydrogen-bond acceptors (Lipinski definition) is 7.